The molecule has 2 aromatic carbocycles. The van der Waals surface area contributed by atoms with Crippen LogP contribution >= 0.6 is 34.8 Å². The quantitative estimate of drug-likeness (QED) is 0.814. The van der Waals surface area contributed by atoms with Gasteiger partial charge in [0, 0.05) is 10.6 Å². The van der Waals surface area contributed by atoms with Gasteiger partial charge in [0.15, 0.2) is 0 Å². The van der Waals surface area contributed by atoms with E-state index in [2.05, 4.69) is 0 Å². The summed E-state index contributed by atoms with van der Waals surface area (Å²) >= 11 is 17.7. The van der Waals surface area contributed by atoms with E-state index >= 15 is 0 Å². The maximum atomic E-state index is 11.4. The number of carbonyl (C=O) groups is 1. The van der Waals surface area contributed by atoms with E-state index in [1.165, 1.54) is 12.1 Å². The van der Waals surface area contributed by atoms with Crippen LogP contribution in [0.15, 0.2) is 42.5 Å². The van der Waals surface area contributed by atoms with Gasteiger partial charge in [0.25, 0.3) is 0 Å². The first kappa shape index (κ1) is 15.0. The zero-order valence-corrected chi connectivity index (χ0v) is 12.3. The van der Waals surface area contributed by atoms with Crippen molar-refractivity contribution in [2.75, 3.05) is 0 Å². The van der Waals surface area contributed by atoms with Gasteiger partial charge in [0.1, 0.15) is 5.75 Å². The Morgan fingerprint density at radius 1 is 1.00 bits per heavy atom. The lowest BCUT2D eigenvalue weighted by Gasteiger charge is -2.17. The van der Waals surface area contributed by atoms with Gasteiger partial charge in [-0.1, -0.05) is 53.0 Å². The highest BCUT2D eigenvalue weighted by atomic mass is 35.5. The Labute approximate surface area is 130 Å². The predicted octanol–water partition coefficient (Wildman–Crippen LogP) is 4.85. The van der Waals surface area contributed by atoms with E-state index in [4.69, 9.17) is 39.5 Å². The van der Waals surface area contributed by atoms with Gasteiger partial charge in [-0.2, -0.15) is 0 Å². The summed E-state index contributed by atoms with van der Waals surface area (Å²) in [5.41, 5.74) is 0.248. The van der Waals surface area contributed by atoms with Crippen LogP contribution in [0, 0.1) is 0 Å². The number of carboxylic acid groups (broad SMARTS) is 1. The van der Waals surface area contributed by atoms with Crippen LogP contribution < -0.4 is 4.74 Å². The number of benzene rings is 2. The summed E-state index contributed by atoms with van der Waals surface area (Å²) in [5.74, 6) is -0.754. The Hall–Kier alpha value is -1.42. The van der Waals surface area contributed by atoms with Crippen LogP contribution in [0.1, 0.15) is 11.7 Å². The van der Waals surface area contributed by atoms with Crippen molar-refractivity contribution in [2.45, 2.75) is 6.10 Å². The Bertz CT molecular complexity index is 629. The molecule has 0 saturated heterocycles. The molecule has 0 aromatic heterocycles. The SMILES string of the molecule is O=C(O)C(Oc1ccccc1)c1cc(Cl)c(Cl)cc1Cl. The summed E-state index contributed by atoms with van der Waals surface area (Å²) in [6.45, 7) is 0. The maximum Gasteiger partial charge on any atom is 0.349 e. The normalized spacial score (nSPS) is 11.9. The van der Waals surface area contributed by atoms with E-state index in [1.807, 2.05) is 0 Å². The highest BCUT2D eigenvalue weighted by Crippen LogP contribution is 2.34. The topological polar surface area (TPSA) is 46.5 Å². The summed E-state index contributed by atoms with van der Waals surface area (Å²) < 4.78 is 5.45. The average molecular weight is 332 g/mol. The van der Waals surface area contributed by atoms with Crippen molar-refractivity contribution in [3.05, 3.63) is 63.1 Å². The molecule has 0 bridgehead atoms. The predicted molar refractivity (Wildman–Crippen MR) is 78.9 cm³/mol. The fourth-order valence-corrected chi connectivity index (χ4v) is 2.28. The molecule has 6 heteroatoms. The van der Waals surface area contributed by atoms with Crippen LogP contribution in [0.2, 0.25) is 15.1 Å². The number of halogens is 3. The zero-order chi connectivity index (χ0) is 14.7. The molecule has 2 aromatic rings. The largest absolute Gasteiger partial charge is 0.478 e. The molecule has 0 aliphatic carbocycles. The monoisotopic (exact) mass is 330 g/mol. The van der Waals surface area contributed by atoms with E-state index in [9.17, 15) is 9.90 Å². The third kappa shape index (κ3) is 3.37. The molecule has 0 heterocycles. The molecule has 104 valence electrons. The molecule has 2 rings (SSSR count). The minimum absolute atomic E-state index is 0.183. The van der Waals surface area contributed by atoms with E-state index in [0.29, 0.717) is 5.75 Å². The van der Waals surface area contributed by atoms with E-state index in [1.54, 1.807) is 30.3 Å². The molecule has 1 atom stereocenters. The Kier molecular flexibility index (Phi) is 4.76. The number of para-hydroxylation sites is 1. The molecule has 0 saturated carbocycles. The number of hydrogen-bond acceptors (Lipinski definition) is 2. The summed E-state index contributed by atoms with van der Waals surface area (Å²) in [5, 5.41) is 9.97. The molecule has 0 aliphatic heterocycles. The fourth-order valence-electron chi connectivity index (χ4n) is 1.62. The van der Waals surface area contributed by atoms with Crippen molar-refractivity contribution in [3.8, 4) is 5.75 Å². The van der Waals surface area contributed by atoms with E-state index < -0.39 is 12.1 Å². The number of ether oxygens (including phenoxy) is 1. The third-order valence-corrected chi connectivity index (χ3v) is 3.59. The molecule has 0 amide bonds. The second-order valence-electron chi connectivity index (χ2n) is 3.94. The third-order valence-electron chi connectivity index (χ3n) is 2.54. The summed E-state index contributed by atoms with van der Waals surface area (Å²) in [7, 11) is 0. The lowest BCUT2D eigenvalue weighted by molar-refractivity contribution is -0.145. The van der Waals surface area contributed by atoms with Crippen molar-refractivity contribution in [1.29, 1.82) is 0 Å². The van der Waals surface area contributed by atoms with Crippen LogP contribution in [0.25, 0.3) is 0 Å². The smallest absolute Gasteiger partial charge is 0.349 e. The number of rotatable bonds is 4. The van der Waals surface area contributed by atoms with E-state index in [-0.39, 0.29) is 20.6 Å². The van der Waals surface area contributed by atoms with Gasteiger partial charge in [-0.25, -0.2) is 4.79 Å². The fraction of sp³-hybridized carbons (Fsp3) is 0.0714. The minimum atomic E-state index is -1.26. The summed E-state index contributed by atoms with van der Waals surface area (Å²) in [4.78, 5) is 11.4. The first-order valence-electron chi connectivity index (χ1n) is 5.58. The van der Waals surface area contributed by atoms with Gasteiger partial charge in [-0.05, 0) is 24.3 Å². The van der Waals surface area contributed by atoms with Crippen molar-refractivity contribution in [3.63, 3.8) is 0 Å². The molecule has 0 radical (unpaired) electrons. The van der Waals surface area contributed by atoms with Crippen LogP contribution in [0.3, 0.4) is 0 Å². The van der Waals surface area contributed by atoms with Gasteiger partial charge in [0.05, 0.1) is 10.0 Å². The highest BCUT2D eigenvalue weighted by Gasteiger charge is 2.25. The highest BCUT2D eigenvalue weighted by molar-refractivity contribution is 6.43. The van der Waals surface area contributed by atoms with Gasteiger partial charge in [-0.3, -0.25) is 0 Å². The standard InChI is InChI=1S/C14H9Cl3O3/c15-10-7-12(17)11(16)6-9(10)13(14(18)19)20-8-4-2-1-3-5-8/h1-7,13H,(H,18,19). The summed E-state index contributed by atoms with van der Waals surface area (Å²) in [6.07, 6.45) is -1.26. The number of carboxylic acids is 1. The van der Waals surface area contributed by atoms with Crippen molar-refractivity contribution in [1.82, 2.24) is 0 Å². The summed E-state index contributed by atoms with van der Waals surface area (Å²) in [6, 6.07) is 11.4. The number of hydrogen-bond donors (Lipinski definition) is 1. The van der Waals surface area contributed by atoms with Gasteiger partial charge in [-0.15, -0.1) is 0 Å². The molecule has 1 N–H and O–H groups in total. The molecule has 1 unspecified atom stereocenters. The van der Waals surface area contributed by atoms with Gasteiger partial charge in [0.2, 0.25) is 6.10 Å². The first-order chi connectivity index (χ1) is 9.49. The molecule has 0 fully saturated rings. The molecule has 0 aliphatic rings. The second-order valence-corrected chi connectivity index (χ2v) is 5.16. The van der Waals surface area contributed by atoms with Crippen LogP contribution in [-0.4, -0.2) is 11.1 Å². The average Bonchev–Trinajstić information content (AvgIpc) is 2.41. The maximum absolute atomic E-state index is 11.4. The van der Waals surface area contributed by atoms with Crippen LogP contribution in [-0.2, 0) is 4.79 Å². The minimum Gasteiger partial charge on any atom is -0.478 e. The lowest BCUT2D eigenvalue weighted by Crippen LogP contribution is -2.18. The van der Waals surface area contributed by atoms with E-state index in [0.717, 1.165) is 0 Å². The zero-order valence-electron chi connectivity index (χ0n) is 10.0. The Balaban J connectivity index is 2.39. The first-order valence-corrected chi connectivity index (χ1v) is 6.71. The van der Waals surface area contributed by atoms with Crippen LogP contribution in [0.5, 0.6) is 5.75 Å². The van der Waals surface area contributed by atoms with Gasteiger partial charge < -0.3 is 9.84 Å². The van der Waals surface area contributed by atoms with Gasteiger partial charge >= 0.3 is 5.97 Å². The van der Waals surface area contributed by atoms with Crippen molar-refractivity contribution in [2.24, 2.45) is 0 Å². The van der Waals surface area contributed by atoms with Crippen molar-refractivity contribution >= 4 is 40.8 Å². The molecular formula is C14H9Cl3O3. The molecule has 20 heavy (non-hydrogen) atoms. The molecular weight excluding hydrogens is 323 g/mol. The number of aliphatic carboxylic acids is 1. The Morgan fingerprint density at radius 2 is 1.60 bits per heavy atom. The van der Waals surface area contributed by atoms with Crippen LogP contribution in [0.4, 0.5) is 0 Å². The lowest BCUT2D eigenvalue weighted by atomic mass is 10.1. The second kappa shape index (κ2) is 6.35. The van der Waals surface area contributed by atoms with Crippen molar-refractivity contribution < 1.29 is 14.6 Å². The Morgan fingerprint density at radius 3 is 2.20 bits per heavy atom. The molecule has 3 nitrogen and oxygen atoms in total. The molecule has 0 spiro atoms.